The summed E-state index contributed by atoms with van der Waals surface area (Å²) in [6.07, 6.45) is 1.16. The second-order valence-electron chi connectivity index (χ2n) is 5.85. The van der Waals surface area contributed by atoms with Crippen LogP contribution in [0.2, 0.25) is 0 Å². The number of rotatable bonds is 3. The Morgan fingerprint density at radius 2 is 2.10 bits per heavy atom. The molecular weight excluding hydrogens is 268 g/mol. The molecule has 1 amide bonds. The summed E-state index contributed by atoms with van der Waals surface area (Å²) in [6.45, 7) is 3.45. The molecule has 2 aliphatic rings. The minimum Gasteiger partial charge on any atom is -0.483 e. The Morgan fingerprint density at radius 1 is 1.33 bits per heavy atom. The first-order chi connectivity index (χ1) is 10.1. The second kappa shape index (κ2) is 6.03. The van der Waals surface area contributed by atoms with Crippen LogP contribution < -0.4 is 4.74 Å². The van der Waals surface area contributed by atoms with E-state index in [1.165, 1.54) is 0 Å². The van der Waals surface area contributed by atoms with E-state index in [2.05, 4.69) is 11.9 Å². The number of ether oxygens (including phenoxy) is 1. The molecule has 1 aromatic carbocycles. The molecule has 1 fully saturated rings. The predicted molar refractivity (Wildman–Crippen MR) is 79.3 cm³/mol. The van der Waals surface area contributed by atoms with Crippen LogP contribution in [0, 0.1) is 0 Å². The van der Waals surface area contributed by atoms with Crippen molar-refractivity contribution < 1.29 is 14.6 Å². The number of nitrogens with zero attached hydrogens (tertiary/aromatic N) is 2. The molecule has 1 aromatic rings. The van der Waals surface area contributed by atoms with E-state index in [0.717, 1.165) is 55.9 Å². The Kier molecular flexibility index (Phi) is 4.12. The molecule has 0 saturated carbocycles. The Balaban J connectivity index is 1.60. The fraction of sp³-hybridized carbons (Fsp3) is 0.562. The number of benzene rings is 1. The van der Waals surface area contributed by atoms with Crippen molar-refractivity contribution in [1.29, 1.82) is 0 Å². The highest BCUT2D eigenvalue weighted by molar-refractivity contribution is 5.78. The van der Waals surface area contributed by atoms with Gasteiger partial charge in [0, 0.05) is 31.7 Å². The Morgan fingerprint density at radius 3 is 2.86 bits per heavy atom. The molecule has 1 aliphatic carbocycles. The van der Waals surface area contributed by atoms with Crippen molar-refractivity contribution in [2.24, 2.45) is 0 Å². The summed E-state index contributed by atoms with van der Waals surface area (Å²) in [5, 5.41) is 9.88. The first-order valence-corrected chi connectivity index (χ1v) is 7.54. The van der Waals surface area contributed by atoms with Gasteiger partial charge in [0.05, 0.1) is 6.10 Å². The van der Waals surface area contributed by atoms with Gasteiger partial charge in [-0.1, -0.05) is 12.1 Å². The molecule has 1 saturated heterocycles. The highest BCUT2D eigenvalue weighted by Crippen LogP contribution is 2.36. The van der Waals surface area contributed by atoms with E-state index in [1.807, 2.05) is 23.1 Å². The van der Waals surface area contributed by atoms with Crippen LogP contribution in [0.5, 0.6) is 5.75 Å². The number of hydrogen-bond acceptors (Lipinski definition) is 4. The molecule has 1 N–H and O–H groups in total. The van der Waals surface area contributed by atoms with Gasteiger partial charge >= 0.3 is 0 Å². The van der Waals surface area contributed by atoms with Crippen LogP contribution in [0.1, 0.15) is 23.7 Å². The van der Waals surface area contributed by atoms with Crippen LogP contribution >= 0.6 is 0 Å². The largest absolute Gasteiger partial charge is 0.483 e. The van der Waals surface area contributed by atoms with Crippen LogP contribution in [0.3, 0.4) is 0 Å². The van der Waals surface area contributed by atoms with Crippen molar-refractivity contribution in [3.63, 3.8) is 0 Å². The van der Waals surface area contributed by atoms with Crippen LogP contribution in [0.15, 0.2) is 18.2 Å². The van der Waals surface area contributed by atoms with Crippen molar-refractivity contribution in [1.82, 2.24) is 9.80 Å². The first-order valence-electron chi connectivity index (χ1n) is 7.54. The molecule has 1 unspecified atom stereocenters. The zero-order chi connectivity index (χ0) is 14.8. The molecule has 21 heavy (non-hydrogen) atoms. The lowest BCUT2D eigenvalue weighted by molar-refractivity contribution is -0.134. The maximum atomic E-state index is 12.2. The van der Waals surface area contributed by atoms with E-state index in [0.29, 0.717) is 0 Å². The third-order valence-electron chi connectivity index (χ3n) is 4.40. The molecule has 114 valence electrons. The maximum absolute atomic E-state index is 12.2. The topological polar surface area (TPSA) is 53.0 Å². The van der Waals surface area contributed by atoms with Gasteiger partial charge in [-0.15, -0.1) is 0 Å². The summed E-state index contributed by atoms with van der Waals surface area (Å²) < 4.78 is 5.72. The number of hydrogen-bond donors (Lipinski definition) is 1. The zero-order valence-corrected chi connectivity index (χ0v) is 12.4. The van der Waals surface area contributed by atoms with Crippen LogP contribution in [-0.2, 0) is 11.2 Å². The van der Waals surface area contributed by atoms with E-state index in [4.69, 9.17) is 4.74 Å². The molecule has 3 rings (SSSR count). The van der Waals surface area contributed by atoms with E-state index >= 15 is 0 Å². The lowest BCUT2D eigenvalue weighted by Gasteiger charge is -2.32. The molecule has 0 spiro atoms. The Bertz CT molecular complexity index is 524. The Labute approximate surface area is 125 Å². The Hall–Kier alpha value is -1.59. The third-order valence-corrected chi connectivity index (χ3v) is 4.40. The number of carbonyl (C=O) groups is 1. The number of piperazine rings is 1. The molecular formula is C16H22N2O3. The van der Waals surface area contributed by atoms with Crippen molar-refractivity contribution in [2.45, 2.75) is 18.9 Å². The van der Waals surface area contributed by atoms with Crippen molar-refractivity contribution in [3.8, 4) is 5.75 Å². The van der Waals surface area contributed by atoms with Crippen LogP contribution in [0.25, 0.3) is 0 Å². The van der Waals surface area contributed by atoms with E-state index in [9.17, 15) is 9.90 Å². The van der Waals surface area contributed by atoms with Crippen molar-refractivity contribution in [2.75, 3.05) is 39.8 Å². The van der Waals surface area contributed by atoms with Gasteiger partial charge in [0.15, 0.2) is 6.61 Å². The molecule has 0 aromatic heterocycles. The summed E-state index contributed by atoms with van der Waals surface area (Å²) in [5.41, 5.74) is 2.00. The number of likely N-dealkylation sites (N-methyl/N-ethyl adjacent to an activating group) is 1. The minimum absolute atomic E-state index is 0.0410. The SMILES string of the molecule is CN1CCN(C(=O)COc2cccc3c2CCC3O)CC1. The number of carbonyl (C=O) groups excluding carboxylic acids is 1. The molecule has 0 radical (unpaired) electrons. The number of aliphatic hydroxyl groups is 1. The van der Waals surface area contributed by atoms with Gasteiger partial charge in [-0.05, 0) is 31.5 Å². The molecule has 1 aliphatic heterocycles. The predicted octanol–water partition coefficient (Wildman–Crippen LogP) is 0.819. The third kappa shape index (κ3) is 3.04. The van der Waals surface area contributed by atoms with Gasteiger partial charge in [0.1, 0.15) is 5.75 Å². The van der Waals surface area contributed by atoms with Crippen LogP contribution in [0.4, 0.5) is 0 Å². The molecule has 1 heterocycles. The quantitative estimate of drug-likeness (QED) is 0.895. The van der Waals surface area contributed by atoms with Crippen molar-refractivity contribution >= 4 is 5.91 Å². The highest BCUT2D eigenvalue weighted by atomic mass is 16.5. The van der Waals surface area contributed by atoms with Gasteiger partial charge in [0.2, 0.25) is 0 Å². The number of amides is 1. The lowest BCUT2D eigenvalue weighted by Crippen LogP contribution is -2.48. The zero-order valence-electron chi connectivity index (χ0n) is 12.4. The van der Waals surface area contributed by atoms with Gasteiger partial charge in [-0.25, -0.2) is 0 Å². The van der Waals surface area contributed by atoms with E-state index in [1.54, 1.807) is 0 Å². The summed E-state index contributed by atoms with van der Waals surface area (Å²) in [7, 11) is 2.07. The molecule has 5 nitrogen and oxygen atoms in total. The van der Waals surface area contributed by atoms with Gasteiger partial charge in [-0.2, -0.15) is 0 Å². The number of aliphatic hydroxyl groups excluding tert-OH is 1. The summed E-state index contributed by atoms with van der Waals surface area (Å²) in [6, 6.07) is 5.69. The van der Waals surface area contributed by atoms with Gasteiger partial charge in [0.25, 0.3) is 5.91 Å². The molecule has 5 heteroatoms. The summed E-state index contributed by atoms with van der Waals surface area (Å²) in [4.78, 5) is 16.3. The van der Waals surface area contributed by atoms with E-state index in [-0.39, 0.29) is 12.5 Å². The maximum Gasteiger partial charge on any atom is 0.260 e. The second-order valence-corrected chi connectivity index (χ2v) is 5.85. The van der Waals surface area contributed by atoms with Crippen molar-refractivity contribution in [3.05, 3.63) is 29.3 Å². The summed E-state index contributed by atoms with van der Waals surface area (Å²) >= 11 is 0. The lowest BCUT2D eigenvalue weighted by atomic mass is 10.1. The number of fused-ring (bicyclic) bond motifs is 1. The first kappa shape index (κ1) is 14.4. The normalized spacial score (nSPS) is 22.2. The molecule has 0 bridgehead atoms. The monoisotopic (exact) mass is 290 g/mol. The fourth-order valence-corrected chi connectivity index (χ4v) is 3.02. The van der Waals surface area contributed by atoms with E-state index < -0.39 is 6.10 Å². The molecule has 1 atom stereocenters. The van der Waals surface area contributed by atoms with Gasteiger partial charge in [-0.3, -0.25) is 4.79 Å². The standard InChI is InChI=1S/C16H22N2O3/c1-17-7-9-18(10-8-17)16(20)11-21-15-4-2-3-12-13(15)5-6-14(12)19/h2-4,14,19H,5-11H2,1H3. The smallest absolute Gasteiger partial charge is 0.260 e. The average molecular weight is 290 g/mol. The minimum atomic E-state index is -0.392. The highest BCUT2D eigenvalue weighted by Gasteiger charge is 2.24. The fourth-order valence-electron chi connectivity index (χ4n) is 3.02. The van der Waals surface area contributed by atoms with Gasteiger partial charge < -0.3 is 19.6 Å². The summed E-state index contributed by atoms with van der Waals surface area (Å²) in [5.74, 6) is 0.783. The average Bonchev–Trinajstić information content (AvgIpc) is 2.88. The van der Waals surface area contributed by atoms with Crippen LogP contribution in [-0.4, -0.2) is 60.6 Å².